The molecule has 0 fully saturated rings. The topological polar surface area (TPSA) is 24.9 Å². The molecule has 0 saturated heterocycles. The van der Waals surface area contributed by atoms with E-state index in [2.05, 4.69) is 26.2 Å². The molecule has 1 N–H and O–H groups in total. The first-order valence-electron chi connectivity index (χ1n) is 5.89. The molecule has 0 spiro atoms. The Morgan fingerprint density at radius 3 is 2.65 bits per heavy atom. The Bertz CT molecular complexity index is 612. The molecule has 0 atom stereocenters. The molecule has 0 aliphatic carbocycles. The number of aromatic nitrogens is 1. The van der Waals surface area contributed by atoms with Crippen molar-refractivity contribution in [2.45, 2.75) is 19.6 Å². The van der Waals surface area contributed by atoms with Crippen LogP contribution in [0.5, 0.6) is 0 Å². The Hall–Kier alpha value is -1.56. The predicted molar refractivity (Wildman–Crippen MR) is 75.4 cm³/mol. The van der Waals surface area contributed by atoms with E-state index in [1.54, 1.807) is 12.3 Å². The van der Waals surface area contributed by atoms with E-state index in [1.807, 2.05) is 13.0 Å². The van der Waals surface area contributed by atoms with Gasteiger partial charge >= 0.3 is 6.18 Å². The van der Waals surface area contributed by atoms with Gasteiger partial charge in [-0.15, -0.1) is 0 Å². The summed E-state index contributed by atoms with van der Waals surface area (Å²) in [5.74, 6) is 0. The average Bonchev–Trinajstić information content (AvgIpc) is 2.36. The van der Waals surface area contributed by atoms with Gasteiger partial charge in [0.15, 0.2) is 0 Å². The van der Waals surface area contributed by atoms with Crippen LogP contribution in [0.25, 0.3) is 0 Å². The lowest BCUT2D eigenvalue weighted by Gasteiger charge is -2.15. The molecule has 0 amide bonds. The van der Waals surface area contributed by atoms with E-state index in [0.29, 0.717) is 4.47 Å². The molecule has 0 aliphatic rings. The van der Waals surface area contributed by atoms with Gasteiger partial charge in [-0.25, -0.2) is 0 Å². The second kappa shape index (κ2) is 5.83. The van der Waals surface area contributed by atoms with Crippen LogP contribution < -0.4 is 5.32 Å². The van der Waals surface area contributed by atoms with Gasteiger partial charge in [-0.2, -0.15) is 13.2 Å². The van der Waals surface area contributed by atoms with Gasteiger partial charge in [0, 0.05) is 16.4 Å². The third-order valence-electron chi connectivity index (χ3n) is 2.85. The molecular weight excluding hydrogens is 333 g/mol. The molecule has 20 heavy (non-hydrogen) atoms. The number of nitrogens with one attached hydrogen (secondary N) is 1. The molecule has 1 aromatic carbocycles. The van der Waals surface area contributed by atoms with Crippen LogP contribution >= 0.6 is 15.9 Å². The van der Waals surface area contributed by atoms with E-state index in [9.17, 15) is 13.2 Å². The highest BCUT2D eigenvalue weighted by molar-refractivity contribution is 9.10. The van der Waals surface area contributed by atoms with Gasteiger partial charge < -0.3 is 5.32 Å². The second-order valence-electron chi connectivity index (χ2n) is 4.31. The summed E-state index contributed by atoms with van der Waals surface area (Å²) in [6, 6.07) is 7.51. The van der Waals surface area contributed by atoms with Gasteiger partial charge in [0.1, 0.15) is 0 Å². The number of rotatable bonds is 3. The highest BCUT2D eigenvalue weighted by atomic mass is 79.9. The number of pyridine rings is 1. The Morgan fingerprint density at radius 2 is 2.00 bits per heavy atom. The van der Waals surface area contributed by atoms with Gasteiger partial charge in [0.25, 0.3) is 0 Å². The molecule has 1 heterocycles. The lowest BCUT2D eigenvalue weighted by atomic mass is 10.1. The second-order valence-corrected chi connectivity index (χ2v) is 5.22. The molecule has 0 aliphatic heterocycles. The Kier molecular flexibility index (Phi) is 4.32. The van der Waals surface area contributed by atoms with E-state index in [-0.39, 0.29) is 12.2 Å². The van der Waals surface area contributed by atoms with Crippen molar-refractivity contribution in [1.29, 1.82) is 0 Å². The molecule has 6 heteroatoms. The monoisotopic (exact) mass is 344 g/mol. The lowest BCUT2D eigenvalue weighted by molar-refractivity contribution is -0.137. The number of hydrogen-bond acceptors (Lipinski definition) is 2. The van der Waals surface area contributed by atoms with E-state index in [1.165, 1.54) is 12.1 Å². The van der Waals surface area contributed by atoms with Gasteiger partial charge in [0.05, 0.1) is 17.8 Å². The summed E-state index contributed by atoms with van der Waals surface area (Å²) in [5, 5.41) is 2.81. The van der Waals surface area contributed by atoms with E-state index in [4.69, 9.17) is 0 Å². The van der Waals surface area contributed by atoms with Crippen molar-refractivity contribution in [3.05, 3.63) is 57.8 Å². The van der Waals surface area contributed by atoms with Gasteiger partial charge in [-0.3, -0.25) is 4.98 Å². The normalized spacial score (nSPS) is 11.4. The molecule has 2 aromatic rings. The van der Waals surface area contributed by atoms with Crippen molar-refractivity contribution in [3.63, 3.8) is 0 Å². The zero-order valence-electron chi connectivity index (χ0n) is 10.6. The van der Waals surface area contributed by atoms with Crippen LogP contribution in [0.4, 0.5) is 18.9 Å². The molecule has 1 aromatic heterocycles. The zero-order valence-corrected chi connectivity index (χ0v) is 12.2. The maximum absolute atomic E-state index is 12.9. The van der Waals surface area contributed by atoms with Crippen molar-refractivity contribution < 1.29 is 13.2 Å². The highest BCUT2D eigenvalue weighted by Gasteiger charge is 2.33. The fraction of sp³-hybridized carbons (Fsp3) is 0.214. The van der Waals surface area contributed by atoms with Gasteiger partial charge in [0.2, 0.25) is 0 Å². The molecule has 0 bridgehead atoms. The Balaban J connectivity index is 2.25. The average molecular weight is 345 g/mol. The number of alkyl halides is 3. The van der Waals surface area contributed by atoms with Crippen LogP contribution in [0.15, 0.2) is 41.0 Å². The van der Waals surface area contributed by atoms with E-state index >= 15 is 0 Å². The van der Waals surface area contributed by atoms with E-state index < -0.39 is 11.7 Å². The summed E-state index contributed by atoms with van der Waals surface area (Å²) in [5.41, 5.74) is 1.01. The summed E-state index contributed by atoms with van der Waals surface area (Å²) in [6.07, 6.45) is -2.77. The summed E-state index contributed by atoms with van der Waals surface area (Å²) in [6.45, 7) is 2.11. The maximum atomic E-state index is 12.9. The van der Waals surface area contributed by atoms with Crippen molar-refractivity contribution in [3.8, 4) is 0 Å². The summed E-state index contributed by atoms with van der Waals surface area (Å²) in [4.78, 5) is 4.15. The number of aryl methyl sites for hydroxylation is 1. The van der Waals surface area contributed by atoms with Crippen molar-refractivity contribution in [2.75, 3.05) is 5.32 Å². The zero-order chi connectivity index (χ0) is 14.8. The molecular formula is C14H12BrF3N2. The van der Waals surface area contributed by atoms with Crippen LogP contribution in [0.1, 0.15) is 16.8 Å². The van der Waals surface area contributed by atoms with Crippen molar-refractivity contribution in [2.24, 2.45) is 0 Å². The first-order valence-corrected chi connectivity index (χ1v) is 6.68. The standard InChI is InChI=1S/C14H12BrF3N2/c1-9-3-2-6-19-13(9)8-20-12-7-10(15)4-5-11(12)14(16,17)18/h2-7,20H,8H2,1H3. The van der Waals surface area contributed by atoms with E-state index in [0.717, 1.165) is 17.3 Å². The minimum atomic E-state index is -4.39. The fourth-order valence-corrected chi connectivity index (χ4v) is 2.15. The SMILES string of the molecule is Cc1cccnc1CNc1cc(Br)ccc1C(F)(F)F. The molecule has 106 valence electrons. The summed E-state index contributed by atoms with van der Waals surface area (Å²) in [7, 11) is 0. The first-order chi connectivity index (χ1) is 9.38. The van der Waals surface area contributed by atoms with Crippen LogP contribution in [-0.4, -0.2) is 4.98 Å². The Labute approximate surface area is 123 Å². The predicted octanol–water partition coefficient (Wildman–Crippen LogP) is 4.78. The van der Waals surface area contributed by atoms with Crippen LogP contribution in [-0.2, 0) is 12.7 Å². The van der Waals surface area contributed by atoms with Gasteiger partial charge in [-0.05, 0) is 36.8 Å². The maximum Gasteiger partial charge on any atom is 0.418 e. The first kappa shape index (κ1) is 14.8. The Morgan fingerprint density at radius 1 is 1.25 bits per heavy atom. The minimum absolute atomic E-state index is 0.0388. The van der Waals surface area contributed by atoms with Crippen molar-refractivity contribution in [1.82, 2.24) is 4.98 Å². The number of benzene rings is 1. The van der Waals surface area contributed by atoms with Crippen LogP contribution in [0, 0.1) is 6.92 Å². The third kappa shape index (κ3) is 3.50. The quantitative estimate of drug-likeness (QED) is 0.866. The highest BCUT2D eigenvalue weighted by Crippen LogP contribution is 2.36. The number of anilines is 1. The molecule has 0 unspecified atom stereocenters. The third-order valence-corrected chi connectivity index (χ3v) is 3.34. The van der Waals surface area contributed by atoms with Crippen LogP contribution in [0.3, 0.4) is 0 Å². The number of hydrogen-bond donors (Lipinski definition) is 1. The van der Waals surface area contributed by atoms with Gasteiger partial charge in [-0.1, -0.05) is 22.0 Å². The smallest absolute Gasteiger partial charge is 0.379 e. The molecule has 0 radical (unpaired) electrons. The number of halogens is 4. The molecule has 0 saturated carbocycles. The van der Waals surface area contributed by atoms with Crippen molar-refractivity contribution >= 4 is 21.6 Å². The summed E-state index contributed by atoms with van der Waals surface area (Å²) < 4.78 is 39.3. The van der Waals surface area contributed by atoms with Crippen LogP contribution in [0.2, 0.25) is 0 Å². The number of nitrogens with zero attached hydrogens (tertiary/aromatic N) is 1. The summed E-state index contributed by atoms with van der Waals surface area (Å²) >= 11 is 3.18. The fourth-order valence-electron chi connectivity index (χ4n) is 1.79. The molecule has 2 nitrogen and oxygen atoms in total. The lowest BCUT2D eigenvalue weighted by Crippen LogP contribution is -2.11. The molecule has 2 rings (SSSR count). The minimum Gasteiger partial charge on any atom is -0.379 e. The largest absolute Gasteiger partial charge is 0.418 e.